The lowest BCUT2D eigenvalue weighted by Gasteiger charge is -2.22. The largest absolute Gasteiger partial charge is 0.412 e. The Labute approximate surface area is 177 Å². The molecule has 0 unspecified atom stereocenters. The third-order valence-electron chi connectivity index (χ3n) is 3.76. The van der Waals surface area contributed by atoms with Crippen molar-refractivity contribution >= 4 is 54.7 Å². The normalized spacial score (nSPS) is 11.7. The highest BCUT2D eigenvalue weighted by Gasteiger charge is 2.33. The van der Waals surface area contributed by atoms with Gasteiger partial charge < -0.3 is 29.3 Å². The van der Waals surface area contributed by atoms with Gasteiger partial charge in [-0.1, -0.05) is 12.1 Å². The van der Waals surface area contributed by atoms with Crippen molar-refractivity contribution in [3.05, 3.63) is 30.3 Å². The SMILES string of the molecule is CCOP(=O)(OCC)c1cc(N)cc2c(P(=O)(OCC)OCC)cccc12.Cl.O. The van der Waals surface area contributed by atoms with Crippen molar-refractivity contribution < 1.29 is 32.7 Å². The summed E-state index contributed by atoms with van der Waals surface area (Å²) in [6.07, 6.45) is 0. The number of anilines is 1. The van der Waals surface area contributed by atoms with Crippen molar-refractivity contribution in [2.75, 3.05) is 32.2 Å². The minimum Gasteiger partial charge on any atom is -0.412 e. The molecule has 0 amide bonds. The molecule has 0 radical (unpaired) electrons. The molecule has 0 aliphatic heterocycles. The van der Waals surface area contributed by atoms with E-state index in [2.05, 4.69) is 0 Å². The van der Waals surface area contributed by atoms with E-state index in [0.29, 0.717) is 27.1 Å². The van der Waals surface area contributed by atoms with Crippen molar-refractivity contribution in [2.45, 2.75) is 27.7 Å². The molecule has 0 spiro atoms. The maximum Gasteiger partial charge on any atom is 0.362 e. The molecule has 11 heteroatoms. The van der Waals surface area contributed by atoms with Crippen LogP contribution in [0.3, 0.4) is 0 Å². The van der Waals surface area contributed by atoms with Crippen LogP contribution in [0.1, 0.15) is 27.7 Å². The minimum atomic E-state index is -3.60. The summed E-state index contributed by atoms with van der Waals surface area (Å²) >= 11 is 0. The van der Waals surface area contributed by atoms with Gasteiger partial charge in [0.15, 0.2) is 0 Å². The Bertz CT molecular complexity index is 874. The summed E-state index contributed by atoms with van der Waals surface area (Å²) in [6.45, 7) is 7.84. The van der Waals surface area contributed by atoms with Gasteiger partial charge in [-0.25, -0.2) is 0 Å². The first kappa shape index (κ1) is 28.1. The van der Waals surface area contributed by atoms with Crippen LogP contribution in [0.25, 0.3) is 10.8 Å². The lowest BCUT2D eigenvalue weighted by Crippen LogP contribution is -2.17. The zero-order valence-corrected chi connectivity index (χ0v) is 19.7. The van der Waals surface area contributed by atoms with E-state index in [-0.39, 0.29) is 44.3 Å². The van der Waals surface area contributed by atoms with Crippen molar-refractivity contribution in [1.29, 1.82) is 0 Å². The van der Waals surface area contributed by atoms with Gasteiger partial charge in [-0.05, 0) is 51.3 Å². The van der Waals surface area contributed by atoms with Gasteiger partial charge in [-0.3, -0.25) is 9.13 Å². The van der Waals surface area contributed by atoms with Gasteiger partial charge in [0.25, 0.3) is 0 Å². The number of rotatable bonds is 10. The molecule has 2 aromatic rings. The minimum absolute atomic E-state index is 0. The van der Waals surface area contributed by atoms with Crippen LogP contribution in [0.4, 0.5) is 5.69 Å². The van der Waals surface area contributed by atoms with E-state index >= 15 is 0 Å². The smallest absolute Gasteiger partial charge is 0.362 e. The number of nitrogen functional groups attached to an aromatic ring is 1. The van der Waals surface area contributed by atoms with Gasteiger partial charge >= 0.3 is 15.2 Å². The summed E-state index contributed by atoms with van der Waals surface area (Å²) in [7, 11) is -7.17. The highest BCUT2D eigenvalue weighted by Crippen LogP contribution is 2.51. The summed E-state index contributed by atoms with van der Waals surface area (Å²) < 4.78 is 48.6. The molecular formula is C18H30ClNO7P2. The molecule has 8 nitrogen and oxygen atoms in total. The monoisotopic (exact) mass is 469 g/mol. The zero-order valence-electron chi connectivity index (χ0n) is 17.0. The van der Waals surface area contributed by atoms with Gasteiger partial charge in [-0.2, -0.15) is 0 Å². The zero-order chi connectivity index (χ0) is 20.1. The molecule has 0 aromatic heterocycles. The average Bonchev–Trinajstić information content (AvgIpc) is 2.61. The second kappa shape index (κ2) is 12.0. The van der Waals surface area contributed by atoms with E-state index in [9.17, 15) is 9.13 Å². The fraction of sp³-hybridized carbons (Fsp3) is 0.444. The molecule has 0 saturated heterocycles. The van der Waals surface area contributed by atoms with Gasteiger partial charge in [0, 0.05) is 11.1 Å². The van der Waals surface area contributed by atoms with E-state index < -0.39 is 15.2 Å². The molecule has 166 valence electrons. The van der Waals surface area contributed by atoms with E-state index in [1.807, 2.05) is 0 Å². The quantitative estimate of drug-likeness (QED) is 0.414. The fourth-order valence-electron chi connectivity index (χ4n) is 2.87. The second-order valence-electron chi connectivity index (χ2n) is 5.58. The maximum absolute atomic E-state index is 13.4. The average molecular weight is 470 g/mol. The second-order valence-corrected chi connectivity index (χ2v) is 9.56. The molecule has 2 rings (SSSR count). The van der Waals surface area contributed by atoms with Crippen LogP contribution in [0.15, 0.2) is 30.3 Å². The number of nitrogens with two attached hydrogens (primary N) is 1. The number of benzene rings is 2. The van der Waals surface area contributed by atoms with Crippen molar-refractivity contribution in [1.82, 2.24) is 0 Å². The highest BCUT2D eigenvalue weighted by atomic mass is 35.5. The molecule has 0 aliphatic carbocycles. The van der Waals surface area contributed by atoms with Crippen LogP contribution in [0.2, 0.25) is 0 Å². The summed E-state index contributed by atoms with van der Waals surface area (Å²) in [5.41, 5.74) is 6.42. The van der Waals surface area contributed by atoms with Gasteiger partial charge in [0.1, 0.15) is 0 Å². The van der Waals surface area contributed by atoms with Crippen molar-refractivity contribution in [3.8, 4) is 0 Å². The number of hydrogen-bond acceptors (Lipinski definition) is 7. The van der Waals surface area contributed by atoms with Crippen LogP contribution >= 0.6 is 27.6 Å². The molecule has 0 bridgehead atoms. The van der Waals surface area contributed by atoms with Crippen LogP contribution < -0.4 is 16.3 Å². The van der Waals surface area contributed by atoms with Gasteiger partial charge in [0.2, 0.25) is 0 Å². The van der Waals surface area contributed by atoms with E-state index in [4.69, 9.17) is 23.8 Å². The summed E-state index contributed by atoms with van der Waals surface area (Å²) in [4.78, 5) is 0. The Morgan fingerprint density at radius 3 is 1.66 bits per heavy atom. The molecule has 2 aromatic carbocycles. The van der Waals surface area contributed by atoms with E-state index in [1.165, 1.54) is 0 Å². The Morgan fingerprint density at radius 1 is 0.759 bits per heavy atom. The Morgan fingerprint density at radius 2 is 1.21 bits per heavy atom. The third kappa shape index (κ3) is 6.03. The van der Waals surface area contributed by atoms with Gasteiger partial charge in [0.05, 0.1) is 37.0 Å². The van der Waals surface area contributed by atoms with Gasteiger partial charge in [-0.15, -0.1) is 12.4 Å². The first-order valence-electron chi connectivity index (χ1n) is 8.96. The summed E-state index contributed by atoms with van der Waals surface area (Å²) in [5.74, 6) is 0. The van der Waals surface area contributed by atoms with Crippen LogP contribution in [-0.2, 0) is 27.2 Å². The molecule has 4 N–H and O–H groups in total. The predicted molar refractivity (Wildman–Crippen MR) is 120 cm³/mol. The fourth-order valence-corrected chi connectivity index (χ4v) is 6.48. The standard InChI is InChI=1S/C18H27NO6P2.ClH.H2O/c1-5-22-26(20,23-6-2)17-11-9-10-15-16(17)12-14(19)13-18(15)27(21,24-7-3)25-8-4;;/h9-13H,5-8,19H2,1-4H3;1H;1H2. The van der Waals surface area contributed by atoms with Crippen LogP contribution in [0, 0.1) is 0 Å². The first-order valence-corrected chi connectivity index (χ1v) is 12.0. The number of halogens is 1. The van der Waals surface area contributed by atoms with Crippen LogP contribution in [0.5, 0.6) is 0 Å². The lowest BCUT2D eigenvalue weighted by atomic mass is 10.1. The highest BCUT2D eigenvalue weighted by molar-refractivity contribution is 7.63. The van der Waals surface area contributed by atoms with E-state index in [0.717, 1.165) is 0 Å². The molecular weight excluding hydrogens is 440 g/mol. The number of fused-ring (bicyclic) bond motifs is 1. The lowest BCUT2D eigenvalue weighted by molar-refractivity contribution is 0.229. The molecule has 0 aliphatic rings. The van der Waals surface area contributed by atoms with Crippen LogP contribution in [-0.4, -0.2) is 31.9 Å². The Hall–Kier alpha value is -0.950. The molecule has 0 saturated carbocycles. The molecule has 0 atom stereocenters. The maximum atomic E-state index is 13.4. The third-order valence-corrected chi connectivity index (χ3v) is 8.09. The summed E-state index contributed by atoms with van der Waals surface area (Å²) in [6, 6.07) is 8.39. The Kier molecular flexibility index (Phi) is 11.6. The topological polar surface area (TPSA) is 129 Å². The Balaban J connectivity index is 0.00000392. The van der Waals surface area contributed by atoms with E-state index in [1.54, 1.807) is 58.0 Å². The van der Waals surface area contributed by atoms with Crippen molar-refractivity contribution in [2.24, 2.45) is 0 Å². The first-order chi connectivity index (χ1) is 12.8. The molecule has 0 fully saturated rings. The molecule has 0 heterocycles. The number of hydrogen-bond donors (Lipinski definition) is 1. The molecule has 29 heavy (non-hydrogen) atoms. The summed E-state index contributed by atoms with van der Waals surface area (Å²) in [5, 5.41) is 1.82. The van der Waals surface area contributed by atoms with Crippen molar-refractivity contribution in [3.63, 3.8) is 0 Å². The predicted octanol–water partition coefficient (Wildman–Crippen LogP) is 3.80.